The second-order valence-electron chi connectivity index (χ2n) is 4.96. The lowest BCUT2D eigenvalue weighted by molar-refractivity contribution is 0.450. The van der Waals surface area contributed by atoms with Gasteiger partial charge in [-0.2, -0.15) is 0 Å². The van der Waals surface area contributed by atoms with Crippen LogP contribution in [0.25, 0.3) is 0 Å². The molecule has 0 saturated carbocycles. The lowest BCUT2D eigenvalue weighted by Gasteiger charge is -2.12. The number of phenolic OH excluding ortho intramolecular Hbond substituents is 2. The molecule has 0 fully saturated rings. The Bertz CT molecular complexity index is 594. The Morgan fingerprint density at radius 1 is 1.00 bits per heavy atom. The minimum absolute atomic E-state index is 0.204. The number of rotatable bonds is 5. The summed E-state index contributed by atoms with van der Waals surface area (Å²) in [4.78, 5) is 0. The highest BCUT2D eigenvalue weighted by Gasteiger charge is 2.08. The van der Waals surface area contributed by atoms with Crippen LogP contribution in [-0.2, 0) is 12.8 Å². The summed E-state index contributed by atoms with van der Waals surface area (Å²) in [6.07, 6.45) is 1.52. The highest BCUT2D eigenvalue weighted by molar-refractivity contribution is 5.52. The van der Waals surface area contributed by atoms with Gasteiger partial charge in [-0.25, -0.2) is 0 Å². The molecule has 0 aromatic heterocycles. The zero-order valence-corrected chi connectivity index (χ0v) is 12.0. The van der Waals surface area contributed by atoms with E-state index in [1.807, 2.05) is 12.1 Å². The van der Waals surface area contributed by atoms with Crippen LogP contribution in [0.2, 0.25) is 0 Å². The fourth-order valence-electron chi connectivity index (χ4n) is 2.39. The Labute approximate surface area is 119 Å². The van der Waals surface area contributed by atoms with Crippen molar-refractivity contribution < 1.29 is 10.2 Å². The number of para-hydroxylation sites is 1. The normalized spacial score (nSPS) is 10.5. The number of aromatic hydroxyl groups is 2. The number of benzene rings is 2. The van der Waals surface area contributed by atoms with Gasteiger partial charge in [-0.3, -0.25) is 0 Å². The SMILES string of the molecule is CCNc1ccccc1CCc1cc(O)cc(C)c1O. The molecule has 3 nitrogen and oxygen atoms in total. The summed E-state index contributed by atoms with van der Waals surface area (Å²) < 4.78 is 0. The molecule has 20 heavy (non-hydrogen) atoms. The highest BCUT2D eigenvalue weighted by atomic mass is 16.3. The molecule has 0 heterocycles. The molecule has 0 amide bonds. The maximum absolute atomic E-state index is 10.0. The first kappa shape index (κ1) is 14.3. The molecule has 2 aromatic rings. The average molecular weight is 271 g/mol. The van der Waals surface area contributed by atoms with Gasteiger partial charge in [0.25, 0.3) is 0 Å². The van der Waals surface area contributed by atoms with Crippen LogP contribution in [0.15, 0.2) is 36.4 Å². The van der Waals surface area contributed by atoms with Crippen molar-refractivity contribution in [2.75, 3.05) is 11.9 Å². The van der Waals surface area contributed by atoms with E-state index in [2.05, 4.69) is 24.4 Å². The number of phenols is 2. The fourth-order valence-corrected chi connectivity index (χ4v) is 2.39. The van der Waals surface area contributed by atoms with Gasteiger partial charge in [0.1, 0.15) is 11.5 Å². The number of aryl methyl sites for hydroxylation is 3. The third-order valence-electron chi connectivity index (χ3n) is 3.41. The largest absolute Gasteiger partial charge is 0.508 e. The smallest absolute Gasteiger partial charge is 0.121 e. The molecule has 0 atom stereocenters. The summed E-state index contributed by atoms with van der Waals surface area (Å²) in [5.41, 5.74) is 3.84. The van der Waals surface area contributed by atoms with Crippen LogP contribution in [0.1, 0.15) is 23.6 Å². The summed E-state index contributed by atoms with van der Waals surface area (Å²) in [5.74, 6) is 0.485. The van der Waals surface area contributed by atoms with Crippen LogP contribution in [-0.4, -0.2) is 16.8 Å². The van der Waals surface area contributed by atoms with Gasteiger partial charge in [0.2, 0.25) is 0 Å². The Hall–Kier alpha value is -2.16. The van der Waals surface area contributed by atoms with E-state index in [1.54, 1.807) is 19.1 Å². The minimum atomic E-state index is 0.204. The zero-order chi connectivity index (χ0) is 14.5. The predicted octanol–water partition coefficient (Wildman–Crippen LogP) is 3.62. The van der Waals surface area contributed by atoms with Crippen LogP contribution in [0.5, 0.6) is 11.5 Å². The Balaban J connectivity index is 2.17. The minimum Gasteiger partial charge on any atom is -0.508 e. The van der Waals surface area contributed by atoms with Crippen LogP contribution in [0.3, 0.4) is 0 Å². The molecule has 0 bridgehead atoms. The van der Waals surface area contributed by atoms with E-state index in [9.17, 15) is 10.2 Å². The van der Waals surface area contributed by atoms with Crippen molar-refractivity contribution in [2.24, 2.45) is 0 Å². The Morgan fingerprint density at radius 2 is 1.70 bits per heavy atom. The van der Waals surface area contributed by atoms with Gasteiger partial charge < -0.3 is 15.5 Å². The van der Waals surface area contributed by atoms with Gasteiger partial charge in [0.15, 0.2) is 0 Å². The molecular weight excluding hydrogens is 250 g/mol. The van der Waals surface area contributed by atoms with E-state index in [1.165, 1.54) is 5.56 Å². The fraction of sp³-hybridized carbons (Fsp3) is 0.294. The summed E-state index contributed by atoms with van der Waals surface area (Å²) in [5, 5.41) is 23.0. The standard InChI is InChI=1S/C17H21NO2/c1-3-18-16-7-5-4-6-13(16)8-9-14-11-15(19)10-12(2)17(14)20/h4-7,10-11,18-20H,3,8-9H2,1-2H3. The number of nitrogens with one attached hydrogen (secondary N) is 1. The predicted molar refractivity (Wildman–Crippen MR) is 82.5 cm³/mol. The monoisotopic (exact) mass is 271 g/mol. The van der Waals surface area contributed by atoms with E-state index in [4.69, 9.17) is 0 Å². The summed E-state index contributed by atoms with van der Waals surface area (Å²) in [6, 6.07) is 11.4. The molecule has 0 radical (unpaired) electrons. The molecule has 0 aliphatic carbocycles. The van der Waals surface area contributed by atoms with Crippen molar-refractivity contribution >= 4 is 5.69 Å². The van der Waals surface area contributed by atoms with Crippen molar-refractivity contribution in [1.82, 2.24) is 0 Å². The van der Waals surface area contributed by atoms with E-state index >= 15 is 0 Å². The highest BCUT2D eigenvalue weighted by Crippen LogP contribution is 2.28. The molecule has 2 aromatic carbocycles. The topological polar surface area (TPSA) is 52.5 Å². The van der Waals surface area contributed by atoms with Crippen molar-refractivity contribution in [3.8, 4) is 11.5 Å². The van der Waals surface area contributed by atoms with Gasteiger partial charge in [0.05, 0.1) is 0 Å². The first-order chi connectivity index (χ1) is 9.61. The molecular formula is C17H21NO2. The Morgan fingerprint density at radius 3 is 2.45 bits per heavy atom. The average Bonchev–Trinajstić information content (AvgIpc) is 2.43. The molecule has 0 aliphatic rings. The van der Waals surface area contributed by atoms with E-state index < -0.39 is 0 Å². The lowest BCUT2D eigenvalue weighted by Crippen LogP contribution is -2.02. The molecule has 2 rings (SSSR count). The van der Waals surface area contributed by atoms with E-state index in [-0.39, 0.29) is 11.5 Å². The molecule has 3 heteroatoms. The van der Waals surface area contributed by atoms with Crippen LogP contribution < -0.4 is 5.32 Å². The second-order valence-corrected chi connectivity index (χ2v) is 4.96. The Kier molecular flexibility index (Phi) is 4.51. The summed E-state index contributed by atoms with van der Waals surface area (Å²) >= 11 is 0. The van der Waals surface area contributed by atoms with Gasteiger partial charge in [-0.05, 0) is 61.6 Å². The van der Waals surface area contributed by atoms with Gasteiger partial charge in [0, 0.05) is 12.2 Å². The lowest BCUT2D eigenvalue weighted by atomic mass is 10.00. The molecule has 3 N–H and O–H groups in total. The van der Waals surface area contributed by atoms with Crippen molar-refractivity contribution in [3.63, 3.8) is 0 Å². The van der Waals surface area contributed by atoms with Crippen LogP contribution in [0, 0.1) is 6.92 Å². The third kappa shape index (κ3) is 3.23. The molecule has 0 saturated heterocycles. The molecule has 0 unspecified atom stereocenters. The maximum atomic E-state index is 10.0. The number of hydrogen-bond acceptors (Lipinski definition) is 3. The van der Waals surface area contributed by atoms with Crippen LogP contribution >= 0.6 is 0 Å². The van der Waals surface area contributed by atoms with Gasteiger partial charge in [-0.15, -0.1) is 0 Å². The van der Waals surface area contributed by atoms with E-state index in [0.717, 1.165) is 24.2 Å². The third-order valence-corrected chi connectivity index (χ3v) is 3.41. The van der Waals surface area contributed by atoms with Gasteiger partial charge in [-0.1, -0.05) is 18.2 Å². The van der Waals surface area contributed by atoms with Crippen molar-refractivity contribution in [1.29, 1.82) is 0 Å². The molecule has 0 spiro atoms. The molecule has 106 valence electrons. The van der Waals surface area contributed by atoms with Crippen LogP contribution in [0.4, 0.5) is 5.69 Å². The quantitative estimate of drug-likeness (QED) is 0.728. The van der Waals surface area contributed by atoms with E-state index in [0.29, 0.717) is 12.0 Å². The number of hydrogen-bond donors (Lipinski definition) is 3. The number of anilines is 1. The second kappa shape index (κ2) is 6.33. The van der Waals surface area contributed by atoms with Crippen molar-refractivity contribution in [3.05, 3.63) is 53.1 Å². The summed E-state index contributed by atoms with van der Waals surface area (Å²) in [6.45, 7) is 4.75. The maximum Gasteiger partial charge on any atom is 0.121 e. The first-order valence-corrected chi connectivity index (χ1v) is 6.95. The zero-order valence-electron chi connectivity index (χ0n) is 12.0. The summed E-state index contributed by atoms with van der Waals surface area (Å²) in [7, 11) is 0. The molecule has 0 aliphatic heterocycles. The van der Waals surface area contributed by atoms with Crippen molar-refractivity contribution in [2.45, 2.75) is 26.7 Å². The van der Waals surface area contributed by atoms with Gasteiger partial charge >= 0.3 is 0 Å². The first-order valence-electron chi connectivity index (χ1n) is 6.95.